The molecule has 1 heterocycles. The fraction of sp³-hybridized carbons (Fsp3) is 0.167. The highest BCUT2D eigenvalue weighted by Gasteiger charge is 2.09. The monoisotopic (exact) mass is 251 g/mol. The first-order valence-electron chi connectivity index (χ1n) is 5.30. The molecule has 1 amide bonds. The number of nitrogens with zero attached hydrogens (tertiary/aromatic N) is 1. The molecule has 0 radical (unpaired) electrons. The zero-order chi connectivity index (χ0) is 13.1. The normalized spacial score (nSPS) is 10.4. The van der Waals surface area contributed by atoms with Crippen molar-refractivity contribution >= 4 is 11.7 Å². The van der Waals surface area contributed by atoms with Gasteiger partial charge in [0.25, 0.3) is 0 Å². The lowest BCUT2D eigenvalue weighted by molar-refractivity contribution is -0.115. The number of aromatic nitrogens is 2. The van der Waals surface area contributed by atoms with E-state index in [1.807, 2.05) is 0 Å². The molecule has 0 bridgehead atoms. The minimum absolute atomic E-state index is 0.0321. The van der Waals surface area contributed by atoms with E-state index in [0.29, 0.717) is 11.4 Å². The molecule has 1 aromatic carbocycles. The molecule has 2 rings (SSSR count). The highest BCUT2D eigenvalue weighted by Crippen LogP contribution is 2.12. The van der Waals surface area contributed by atoms with Crippen LogP contribution in [0.3, 0.4) is 0 Å². The summed E-state index contributed by atoms with van der Waals surface area (Å²) in [6.45, 7) is 1.79. The second kappa shape index (κ2) is 4.95. The van der Waals surface area contributed by atoms with Crippen LogP contribution in [0.1, 0.15) is 11.1 Å². The summed E-state index contributed by atoms with van der Waals surface area (Å²) in [5.74, 6) is -1.71. The van der Waals surface area contributed by atoms with Crippen molar-refractivity contribution in [3.05, 3.63) is 47.2 Å². The van der Waals surface area contributed by atoms with Gasteiger partial charge in [-0.3, -0.25) is 9.89 Å². The predicted octanol–water partition coefficient (Wildman–Crippen LogP) is 2.18. The average molecular weight is 251 g/mol. The molecule has 18 heavy (non-hydrogen) atoms. The third-order valence-electron chi connectivity index (χ3n) is 2.44. The molecule has 0 spiro atoms. The highest BCUT2D eigenvalue weighted by atomic mass is 19.2. The van der Waals surface area contributed by atoms with Gasteiger partial charge >= 0.3 is 0 Å². The minimum Gasteiger partial charge on any atom is -0.311 e. The Kier molecular flexibility index (Phi) is 3.36. The van der Waals surface area contributed by atoms with Gasteiger partial charge in [-0.25, -0.2) is 8.78 Å². The van der Waals surface area contributed by atoms with E-state index in [-0.39, 0.29) is 12.3 Å². The van der Waals surface area contributed by atoms with E-state index < -0.39 is 11.6 Å². The lowest BCUT2D eigenvalue weighted by atomic mass is 10.1. The Labute approximate surface area is 102 Å². The number of hydrogen-bond acceptors (Lipinski definition) is 2. The fourth-order valence-electron chi connectivity index (χ4n) is 1.49. The molecule has 0 fully saturated rings. The van der Waals surface area contributed by atoms with Crippen LogP contribution in [0.15, 0.2) is 24.4 Å². The zero-order valence-electron chi connectivity index (χ0n) is 9.63. The van der Waals surface area contributed by atoms with Crippen LogP contribution in [0.2, 0.25) is 0 Å². The molecule has 4 nitrogen and oxygen atoms in total. The average Bonchev–Trinajstić information content (AvgIpc) is 2.70. The zero-order valence-corrected chi connectivity index (χ0v) is 9.63. The molecule has 2 aromatic rings. The van der Waals surface area contributed by atoms with Crippen molar-refractivity contribution < 1.29 is 13.6 Å². The van der Waals surface area contributed by atoms with E-state index in [4.69, 9.17) is 0 Å². The second-order valence-corrected chi connectivity index (χ2v) is 3.90. The molecule has 94 valence electrons. The van der Waals surface area contributed by atoms with E-state index in [1.165, 1.54) is 6.07 Å². The van der Waals surface area contributed by atoms with Gasteiger partial charge in [-0.1, -0.05) is 6.07 Å². The van der Waals surface area contributed by atoms with Crippen molar-refractivity contribution in [2.24, 2.45) is 0 Å². The number of anilines is 1. The third kappa shape index (κ3) is 2.71. The van der Waals surface area contributed by atoms with Crippen molar-refractivity contribution in [1.82, 2.24) is 10.2 Å². The number of aryl methyl sites for hydroxylation is 1. The SMILES string of the molecule is Cc1cn[nH]c1NC(=O)Cc1ccc(F)c(F)c1. The summed E-state index contributed by atoms with van der Waals surface area (Å²) in [6, 6.07) is 3.38. The molecule has 0 aliphatic carbocycles. The van der Waals surface area contributed by atoms with E-state index in [2.05, 4.69) is 15.5 Å². The first-order valence-corrected chi connectivity index (χ1v) is 5.30. The summed E-state index contributed by atoms with van der Waals surface area (Å²) < 4.78 is 25.7. The number of aromatic amines is 1. The molecule has 0 aliphatic heterocycles. The Morgan fingerprint density at radius 3 is 2.78 bits per heavy atom. The molecule has 2 N–H and O–H groups in total. The quantitative estimate of drug-likeness (QED) is 0.878. The van der Waals surface area contributed by atoms with E-state index >= 15 is 0 Å². The van der Waals surface area contributed by atoms with Crippen LogP contribution in [0, 0.1) is 18.6 Å². The van der Waals surface area contributed by atoms with Crippen molar-refractivity contribution in [2.75, 3.05) is 5.32 Å². The first kappa shape index (κ1) is 12.2. The fourth-order valence-corrected chi connectivity index (χ4v) is 1.49. The van der Waals surface area contributed by atoms with Gasteiger partial charge in [0.15, 0.2) is 11.6 Å². The number of hydrogen-bond donors (Lipinski definition) is 2. The van der Waals surface area contributed by atoms with Gasteiger partial charge in [-0.15, -0.1) is 0 Å². The van der Waals surface area contributed by atoms with Gasteiger partial charge in [-0.05, 0) is 24.6 Å². The van der Waals surface area contributed by atoms with Crippen LogP contribution < -0.4 is 5.32 Å². The molecule has 0 saturated carbocycles. The molecule has 0 unspecified atom stereocenters. The van der Waals surface area contributed by atoms with Crippen LogP contribution in [0.5, 0.6) is 0 Å². The first-order chi connectivity index (χ1) is 8.56. The van der Waals surface area contributed by atoms with E-state index in [9.17, 15) is 13.6 Å². The van der Waals surface area contributed by atoms with Crippen LogP contribution in [0.4, 0.5) is 14.6 Å². The minimum atomic E-state index is -0.960. The Morgan fingerprint density at radius 1 is 1.39 bits per heavy atom. The smallest absolute Gasteiger partial charge is 0.229 e. The van der Waals surface area contributed by atoms with Gasteiger partial charge < -0.3 is 5.32 Å². The number of halogens is 2. The molecular weight excluding hydrogens is 240 g/mol. The molecule has 0 saturated heterocycles. The topological polar surface area (TPSA) is 57.8 Å². The lowest BCUT2D eigenvalue weighted by Crippen LogP contribution is -2.15. The Bertz CT molecular complexity index is 580. The van der Waals surface area contributed by atoms with Gasteiger partial charge in [0.1, 0.15) is 5.82 Å². The molecule has 6 heteroatoms. The number of carbonyl (C=O) groups is 1. The maximum atomic E-state index is 12.9. The summed E-state index contributed by atoms with van der Waals surface area (Å²) in [7, 11) is 0. The predicted molar refractivity (Wildman–Crippen MR) is 62.0 cm³/mol. The third-order valence-corrected chi connectivity index (χ3v) is 2.44. The Morgan fingerprint density at radius 2 is 2.17 bits per heavy atom. The summed E-state index contributed by atoms with van der Waals surface area (Å²) in [5, 5.41) is 8.98. The van der Waals surface area contributed by atoms with Crippen molar-refractivity contribution in [2.45, 2.75) is 13.3 Å². The standard InChI is InChI=1S/C12H11F2N3O/c1-7-6-15-17-12(7)16-11(18)5-8-2-3-9(13)10(14)4-8/h2-4,6H,5H2,1H3,(H2,15,16,17,18). The molecule has 1 aromatic heterocycles. The van der Waals surface area contributed by atoms with Crippen molar-refractivity contribution in [3.8, 4) is 0 Å². The van der Waals surface area contributed by atoms with Gasteiger partial charge in [0.2, 0.25) is 5.91 Å². The summed E-state index contributed by atoms with van der Waals surface area (Å²) in [6.07, 6.45) is 1.54. The summed E-state index contributed by atoms with van der Waals surface area (Å²) >= 11 is 0. The largest absolute Gasteiger partial charge is 0.311 e. The second-order valence-electron chi connectivity index (χ2n) is 3.90. The van der Waals surface area contributed by atoms with Crippen molar-refractivity contribution in [3.63, 3.8) is 0 Å². The Hall–Kier alpha value is -2.24. The lowest BCUT2D eigenvalue weighted by Gasteiger charge is -2.04. The van der Waals surface area contributed by atoms with Gasteiger partial charge in [0, 0.05) is 5.56 Å². The number of H-pyrrole nitrogens is 1. The number of carbonyl (C=O) groups excluding carboxylic acids is 1. The van der Waals surface area contributed by atoms with Crippen LogP contribution >= 0.6 is 0 Å². The Balaban J connectivity index is 2.03. The molecule has 0 aliphatic rings. The maximum absolute atomic E-state index is 12.9. The molecular formula is C12H11F2N3O. The summed E-state index contributed by atoms with van der Waals surface area (Å²) in [4.78, 5) is 11.7. The van der Waals surface area contributed by atoms with E-state index in [0.717, 1.165) is 17.7 Å². The number of nitrogens with one attached hydrogen (secondary N) is 2. The summed E-state index contributed by atoms with van der Waals surface area (Å²) in [5.41, 5.74) is 1.21. The number of benzene rings is 1. The van der Waals surface area contributed by atoms with E-state index in [1.54, 1.807) is 13.1 Å². The van der Waals surface area contributed by atoms with Crippen LogP contribution in [-0.4, -0.2) is 16.1 Å². The van der Waals surface area contributed by atoms with Gasteiger partial charge in [0.05, 0.1) is 12.6 Å². The number of rotatable bonds is 3. The van der Waals surface area contributed by atoms with Gasteiger partial charge in [-0.2, -0.15) is 5.10 Å². The maximum Gasteiger partial charge on any atom is 0.229 e. The van der Waals surface area contributed by atoms with Crippen molar-refractivity contribution in [1.29, 1.82) is 0 Å². The number of amides is 1. The van der Waals surface area contributed by atoms with Crippen LogP contribution in [0.25, 0.3) is 0 Å². The highest BCUT2D eigenvalue weighted by molar-refractivity contribution is 5.91. The van der Waals surface area contributed by atoms with Crippen LogP contribution in [-0.2, 0) is 11.2 Å². The molecule has 0 atom stereocenters.